The molecule has 150 valence electrons. The average molecular weight is 390 g/mol. The molecule has 0 spiro atoms. The molecule has 1 unspecified atom stereocenters. The monoisotopic (exact) mass is 390 g/mol. The zero-order valence-corrected chi connectivity index (χ0v) is 17.1. The molecule has 6 heteroatoms. The van der Waals surface area contributed by atoms with Crippen LogP contribution in [-0.4, -0.2) is 33.3 Å². The summed E-state index contributed by atoms with van der Waals surface area (Å²) in [5.41, 5.74) is 4.36. The molecule has 3 aromatic rings. The standard InChI is InChI=1S/C23H26N4O2/c1-15(10-16-11-18-8-9-21(28)25-22(18)24-13-16)23(29)26(2)14-19-12-17-6-4-5-7-20(17)27(19)3/h4-7,11-13,15H,8-10,14H2,1-3H3,(H,24,25,28). The van der Waals surface area contributed by atoms with E-state index >= 15 is 0 Å². The molecule has 3 heterocycles. The van der Waals surface area contributed by atoms with E-state index in [-0.39, 0.29) is 17.7 Å². The number of fused-ring (bicyclic) bond motifs is 2. The summed E-state index contributed by atoms with van der Waals surface area (Å²) < 4.78 is 2.14. The van der Waals surface area contributed by atoms with E-state index in [9.17, 15) is 9.59 Å². The van der Waals surface area contributed by atoms with E-state index in [4.69, 9.17) is 0 Å². The van der Waals surface area contributed by atoms with Gasteiger partial charge in [-0.25, -0.2) is 4.98 Å². The van der Waals surface area contributed by atoms with Gasteiger partial charge in [-0.05, 0) is 41.5 Å². The van der Waals surface area contributed by atoms with Crippen molar-refractivity contribution in [1.29, 1.82) is 0 Å². The van der Waals surface area contributed by atoms with Crippen molar-refractivity contribution in [2.45, 2.75) is 32.7 Å². The zero-order chi connectivity index (χ0) is 20.5. The van der Waals surface area contributed by atoms with E-state index in [1.54, 1.807) is 11.1 Å². The molecule has 0 radical (unpaired) electrons. The summed E-state index contributed by atoms with van der Waals surface area (Å²) in [7, 11) is 3.90. The summed E-state index contributed by atoms with van der Waals surface area (Å²) in [5.74, 6) is 0.627. The number of hydrogen-bond donors (Lipinski definition) is 1. The van der Waals surface area contributed by atoms with Gasteiger partial charge in [0.2, 0.25) is 11.8 Å². The summed E-state index contributed by atoms with van der Waals surface area (Å²) >= 11 is 0. The van der Waals surface area contributed by atoms with Gasteiger partial charge in [-0.15, -0.1) is 0 Å². The third-order valence-corrected chi connectivity index (χ3v) is 5.69. The van der Waals surface area contributed by atoms with Crippen LogP contribution in [0.3, 0.4) is 0 Å². The smallest absolute Gasteiger partial charge is 0.225 e. The van der Waals surface area contributed by atoms with Gasteiger partial charge in [0.15, 0.2) is 0 Å². The minimum absolute atomic E-state index is 0.0104. The minimum Gasteiger partial charge on any atom is -0.346 e. The molecular weight excluding hydrogens is 364 g/mol. The normalized spacial score (nSPS) is 14.4. The van der Waals surface area contributed by atoms with Gasteiger partial charge < -0.3 is 14.8 Å². The molecule has 2 amide bonds. The highest BCUT2D eigenvalue weighted by atomic mass is 16.2. The van der Waals surface area contributed by atoms with Crippen LogP contribution in [0.1, 0.15) is 30.2 Å². The van der Waals surface area contributed by atoms with E-state index in [0.29, 0.717) is 31.6 Å². The number of benzene rings is 1. The van der Waals surface area contributed by atoms with Gasteiger partial charge in [0, 0.05) is 43.8 Å². The number of carbonyl (C=O) groups excluding carboxylic acids is 2. The molecule has 1 aliphatic heterocycles. The van der Waals surface area contributed by atoms with Crippen LogP contribution in [0.4, 0.5) is 5.82 Å². The number of para-hydroxylation sites is 1. The Morgan fingerprint density at radius 2 is 2.07 bits per heavy atom. The van der Waals surface area contributed by atoms with E-state index in [1.807, 2.05) is 33.2 Å². The highest BCUT2D eigenvalue weighted by molar-refractivity contribution is 5.92. The van der Waals surface area contributed by atoms with Crippen molar-refractivity contribution in [3.05, 3.63) is 59.4 Å². The van der Waals surface area contributed by atoms with Gasteiger partial charge in [-0.3, -0.25) is 9.59 Å². The van der Waals surface area contributed by atoms with E-state index in [0.717, 1.165) is 16.8 Å². The van der Waals surface area contributed by atoms with Crippen LogP contribution in [0.2, 0.25) is 0 Å². The van der Waals surface area contributed by atoms with Crippen LogP contribution in [-0.2, 0) is 36.0 Å². The number of nitrogens with zero attached hydrogens (tertiary/aromatic N) is 3. The summed E-state index contributed by atoms with van der Waals surface area (Å²) in [6.45, 7) is 2.53. The average Bonchev–Trinajstić information content (AvgIpc) is 3.03. The maximum absolute atomic E-state index is 12.9. The fourth-order valence-electron chi connectivity index (χ4n) is 4.05. The lowest BCUT2D eigenvalue weighted by atomic mass is 9.98. The van der Waals surface area contributed by atoms with Crippen molar-refractivity contribution in [2.75, 3.05) is 12.4 Å². The molecule has 29 heavy (non-hydrogen) atoms. The van der Waals surface area contributed by atoms with Crippen molar-refractivity contribution < 1.29 is 9.59 Å². The number of aromatic nitrogens is 2. The lowest BCUT2D eigenvalue weighted by Gasteiger charge is -2.22. The Hall–Kier alpha value is -3.15. The Bertz CT molecular complexity index is 1090. The van der Waals surface area contributed by atoms with Crippen molar-refractivity contribution >= 4 is 28.5 Å². The third kappa shape index (κ3) is 3.88. The number of hydrogen-bond acceptors (Lipinski definition) is 3. The molecular formula is C23H26N4O2. The number of rotatable bonds is 5. The largest absolute Gasteiger partial charge is 0.346 e. The van der Waals surface area contributed by atoms with Crippen molar-refractivity contribution in [2.24, 2.45) is 13.0 Å². The Labute approximate surface area is 170 Å². The predicted octanol–water partition coefficient (Wildman–Crippen LogP) is 3.30. The quantitative estimate of drug-likeness (QED) is 0.727. The van der Waals surface area contributed by atoms with Crippen LogP contribution in [0.15, 0.2) is 42.6 Å². The minimum atomic E-state index is -0.146. The molecule has 0 aliphatic carbocycles. The van der Waals surface area contributed by atoms with Crippen molar-refractivity contribution in [1.82, 2.24) is 14.5 Å². The van der Waals surface area contributed by atoms with E-state index in [1.165, 1.54) is 10.9 Å². The zero-order valence-electron chi connectivity index (χ0n) is 17.1. The summed E-state index contributed by atoms with van der Waals surface area (Å²) in [6, 6.07) is 12.5. The van der Waals surface area contributed by atoms with Crippen LogP contribution in [0.5, 0.6) is 0 Å². The van der Waals surface area contributed by atoms with Gasteiger partial charge >= 0.3 is 0 Å². The van der Waals surface area contributed by atoms with Gasteiger partial charge in [0.25, 0.3) is 0 Å². The van der Waals surface area contributed by atoms with Gasteiger partial charge in [-0.1, -0.05) is 31.2 Å². The molecule has 4 rings (SSSR count). The maximum Gasteiger partial charge on any atom is 0.225 e. The first-order valence-electron chi connectivity index (χ1n) is 9.98. The third-order valence-electron chi connectivity index (χ3n) is 5.69. The second-order valence-electron chi connectivity index (χ2n) is 7.95. The fraction of sp³-hybridized carbons (Fsp3) is 0.348. The molecule has 1 aromatic carbocycles. The molecule has 0 saturated carbocycles. The number of anilines is 1. The molecule has 0 fully saturated rings. The Morgan fingerprint density at radius 3 is 2.86 bits per heavy atom. The van der Waals surface area contributed by atoms with Crippen LogP contribution in [0.25, 0.3) is 10.9 Å². The predicted molar refractivity (Wildman–Crippen MR) is 113 cm³/mol. The molecule has 1 aliphatic rings. The van der Waals surface area contributed by atoms with Gasteiger partial charge in [-0.2, -0.15) is 0 Å². The Morgan fingerprint density at radius 1 is 1.28 bits per heavy atom. The van der Waals surface area contributed by atoms with Crippen LogP contribution >= 0.6 is 0 Å². The molecule has 2 aromatic heterocycles. The molecule has 0 bridgehead atoms. The molecule has 6 nitrogen and oxygen atoms in total. The number of aryl methyl sites for hydroxylation is 2. The number of nitrogens with one attached hydrogen (secondary N) is 1. The second-order valence-corrected chi connectivity index (χ2v) is 7.95. The molecule has 0 saturated heterocycles. The summed E-state index contributed by atoms with van der Waals surface area (Å²) in [5, 5.41) is 3.98. The lowest BCUT2D eigenvalue weighted by molar-refractivity contribution is -0.134. The fourth-order valence-corrected chi connectivity index (χ4v) is 4.05. The van der Waals surface area contributed by atoms with Gasteiger partial charge in [0.05, 0.1) is 6.54 Å². The molecule has 1 atom stereocenters. The second kappa shape index (κ2) is 7.70. The highest BCUT2D eigenvalue weighted by Gasteiger charge is 2.21. The number of carbonyl (C=O) groups is 2. The first kappa shape index (κ1) is 19.2. The maximum atomic E-state index is 12.9. The SMILES string of the molecule is CC(Cc1cnc2c(c1)CCC(=O)N2)C(=O)N(C)Cc1cc2ccccc2n1C. The first-order valence-corrected chi connectivity index (χ1v) is 9.98. The molecule has 1 N–H and O–H groups in total. The number of amides is 2. The van der Waals surface area contributed by atoms with Crippen LogP contribution < -0.4 is 5.32 Å². The van der Waals surface area contributed by atoms with Gasteiger partial charge in [0.1, 0.15) is 5.82 Å². The Kier molecular flexibility index (Phi) is 5.09. The summed E-state index contributed by atoms with van der Waals surface area (Å²) in [6.07, 6.45) is 3.58. The topological polar surface area (TPSA) is 67.2 Å². The Balaban J connectivity index is 1.43. The summed E-state index contributed by atoms with van der Waals surface area (Å²) in [4.78, 5) is 30.6. The van der Waals surface area contributed by atoms with E-state index in [2.05, 4.69) is 39.1 Å². The van der Waals surface area contributed by atoms with Crippen LogP contribution in [0, 0.1) is 5.92 Å². The highest BCUT2D eigenvalue weighted by Crippen LogP contribution is 2.23. The lowest BCUT2D eigenvalue weighted by Crippen LogP contribution is -2.32. The number of pyridine rings is 1. The first-order chi connectivity index (χ1) is 13.9. The van der Waals surface area contributed by atoms with Crippen molar-refractivity contribution in [3.63, 3.8) is 0 Å². The van der Waals surface area contributed by atoms with E-state index < -0.39 is 0 Å². The van der Waals surface area contributed by atoms with Crippen molar-refractivity contribution in [3.8, 4) is 0 Å².